The molecule has 1 aromatic rings. The number of hydrogen-bond donors (Lipinski definition) is 5. The van der Waals surface area contributed by atoms with Crippen molar-refractivity contribution in [3.63, 3.8) is 0 Å². The summed E-state index contributed by atoms with van der Waals surface area (Å²) >= 11 is 0. The summed E-state index contributed by atoms with van der Waals surface area (Å²) in [5.74, 6) is -3.85. The van der Waals surface area contributed by atoms with Crippen molar-refractivity contribution in [3.05, 3.63) is 33.4 Å². The van der Waals surface area contributed by atoms with Crippen molar-refractivity contribution >= 4 is 17.5 Å². The van der Waals surface area contributed by atoms with Gasteiger partial charge in [0.1, 0.15) is 17.1 Å². The normalized spacial score (nSPS) is 35.4. The lowest BCUT2D eigenvalue weighted by Crippen LogP contribution is -2.58. The Hall–Kier alpha value is -2.79. The highest BCUT2D eigenvalue weighted by atomic mass is 16.5. The number of hydrogen-bond acceptors (Lipinski definition) is 9. The molecule has 3 aliphatic heterocycles. The predicted molar refractivity (Wildman–Crippen MR) is 104 cm³/mol. The van der Waals surface area contributed by atoms with Gasteiger partial charge in [-0.05, 0) is 13.8 Å². The molecule has 1 aromatic carbocycles. The Morgan fingerprint density at radius 3 is 2.38 bits per heavy atom. The maximum absolute atomic E-state index is 13.4. The van der Waals surface area contributed by atoms with Gasteiger partial charge < -0.3 is 35.0 Å². The van der Waals surface area contributed by atoms with Crippen LogP contribution in [0.15, 0.2) is 11.1 Å². The van der Waals surface area contributed by atoms with Crippen molar-refractivity contribution in [3.8, 4) is 11.5 Å². The Kier molecular flexibility index (Phi) is 4.35. The summed E-state index contributed by atoms with van der Waals surface area (Å²) in [5, 5.41) is 53.0. The van der Waals surface area contributed by atoms with Crippen molar-refractivity contribution in [2.24, 2.45) is 0 Å². The van der Waals surface area contributed by atoms with Gasteiger partial charge in [0.15, 0.2) is 11.6 Å². The number of carboxylic acids is 1. The number of Topliss-reactive ketones (excluding diaryl/α,β-unsaturated/α-hetero) is 2. The number of aromatic hydroxyl groups is 2. The molecule has 3 heterocycles. The minimum Gasteiger partial charge on any atom is -0.507 e. The number of aliphatic carboxylic acids is 1. The molecule has 10 heteroatoms. The van der Waals surface area contributed by atoms with Crippen molar-refractivity contribution in [2.75, 3.05) is 0 Å². The van der Waals surface area contributed by atoms with Crippen LogP contribution in [0.5, 0.6) is 11.5 Å². The Morgan fingerprint density at radius 2 is 1.75 bits per heavy atom. The summed E-state index contributed by atoms with van der Waals surface area (Å²) in [6, 6.07) is 0. The fourth-order valence-corrected chi connectivity index (χ4v) is 5.64. The number of benzene rings is 1. The molecule has 170 valence electrons. The second kappa shape index (κ2) is 6.61. The molecule has 6 atom stereocenters. The number of ether oxygens (including phenoxy) is 2. The van der Waals surface area contributed by atoms with Crippen LogP contribution in [0.4, 0.5) is 0 Å². The van der Waals surface area contributed by atoms with Crippen molar-refractivity contribution in [1.82, 2.24) is 0 Å². The van der Waals surface area contributed by atoms with Crippen molar-refractivity contribution < 1.29 is 49.4 Å². The highest BCUT2D eigenvalue weighted by Crippen LogP contribution is 2.59. The van der Waals surface area contributed by atoms with Gasteiger partial charge in [-0.3, -0.25) is 14.4 Å². The zero-order valence-corrected chi connectivity index (χ0v) is 17.3. The number of carboxylic acid groups (broad SMARTS) is 1. The lowest BCUT2D eigenvalue weighted by molar-refractivity contribution is -0.246. The largest absolute Gasteiger partial charge is 0.507 e. The van der Waals surface area contributed by atoms with Crippen LogP contribution in [-0.2, 0) is 19.9 Å². The number of phenols is 2. The number of rotatable bonds is 2. The molecule has 5 aliphatic rings. The molecule has 1 saturated heterocycles. The summed E-state index contributed by atoms with van der Waals surface area (Å²) in [7, 11) is 0. The molecule has 4 unspecified atom stereocenters. The second-order valence-corrected chi connectivity index (χ2v) is 8.83. The molecule has 5 N–H and O–H groups in total. The monoisotopic (exact) mass is 446 g/mol. The zero-order valence-electron chi connectivity index (χ0n) is 17.3. The maximum Gasteiger partial charge on any atom is 0.305 e. The third-order valence-electron chi connectivity index (χ3n) is 7.08. The van der Waals surface area contributed by atoms with Gasteiger partial charge in [0.05, 0.1) is 48.1 Å². The van der Waals surface area contributed by atoms with Crippen LogP contribution in [0.3, 0.4) is 0 Å². The van der Waals surface area contributed by atoms with Gasteiger partial charge in [-0.25, -0.2) is 0 Å². The third-order valence-corrected chi connectivity index (χ3v) is 7.08. The summed E-state index contributed by atoms with van der Waals surface area (Å²) < 4.78 is 11.3. The zero-order chi connectivity index (χ0) is 23.3. The fraction of sp³-hybridized carbons (Fsp3) is 0.500. The van der Waals surface area contributed by atoms with Crippen LogP contribution in [0.1, 0.15) is 71.1 Å². The molecule has 0 saturated carbocycles. The van der Waals surface area contributed by atoms with Gasteiger partial charge in [-0.1, -0.05) is 0 Å². The van der Waals surface area contributed by atoms with Crippen LogP contribution < -0.4 is 0 Å². The number of aliphatic hydroxyl groups excluding tert-OH is 1. The molecular formula is C22H22O10. The van der Waals surface area contributed by atoms with E-state index in [1.54, 1.807) is 0 Å². The quantitative estimate of drug-likeness (QED) is 0.410. The van der Waals surface area contributed by atoms with E-state index in [-0.39, 0.29) is 41.5 Å². The van der Waals surface area contributed by atoms with E-state index >= 15 is 0 Å². The first-order chi connectivity index (χ1) is 15.0. The summed E-state index contributed by atoms with van der Waals surface area (Å²) in [6.07, 6.45) is -5.47. The standard InChI is InChI=1S/C22H22O10/c1-6-13-9(3-8(31-6)4-12(24)25)18(26)15-16(19(13)27)21(29)17-14(20(15)28)10-5-11(23)22(17,30)7(2)32-10/h6-8,10-11,23,28-30H,3-5H2,1-2H3,(H,24,25)/t6-,7?,8+,10?,11?,22?/m0/s1. The second-order valence-electron chi connectivity index (χ2n) is 8.83. The third kappa shape index (κ3) is 2.46. The maximum atomic E-state index is 13.4. The number of aliphatic hydroxyl groups is 2. The van der Waals surface area contributed by atoms with Crippen LogP contribution in [0.25, 0.3) is 0 Å². The van der Waals surface area contributed by atoms with E-state index in [2.05, 4.69) is 0 Å². The van der Waals surface area contributed by atoms with E-state index in [0.29, 0.717) is 0 Å². The smallest absolute Gasteiger partial charge is 0.305 e. The van der Waals surface area contributed by atoms with Gasteiger partial charge in [0.2, 0.25) is 0 Å². The topological polar surface area (TPSA) is 171 Å². The van der Waals surface area contributed by atoms with E-state index in [1.807, 2.05) is 0 Å². The van der Waals surface area contributed by atoms with E-state index in [9.17, 15) is 34.8 Å². The Bertz CT molecular complexity index is 1120. The highest BCUT2D eigenvalue weighted by Gasteiger charge is 2.59. The summed E-state index contributed by atoms with van der Waals surface area (Å²) in [5.41, 5.74) is -3.17. The first kappa shape index (κ1) is 21.1. The Morgan fingerprint density at radius 1 is 1.09 bits per heavy atom. The molecule has 0 radical (unpaired) electrons. The van der Waals surface area contributed by atoms with Gasteiger partial charge in [-0.15, -0.1) is 0 Å². The van der Waals surface area contributed by atoms with E-state index in [0.717, 1.165) is 0 Å². The molecule has 0 aromatic heterocycles. The van der Waals surface area contributed by atoms with Crippen LogP contribution >= 0.6 is 0 Å². The molecule has 0 amide bonds. The van der Waals surface area contributed by atoms with Gasteiger partial charge in [0, 0.05) is 35.1 Å². The van der Waals surface area contributed by atoms with Crippen LogP contribution in [-0.4, -0.2) is 67.5 Å². The number of phenolic OH excluding ortho intramolecular Hbond substituents is 2. The van der Waals surface area contributed by atoms with Gasteiger partial charge >= 0.3 is 5.97 Å². The van der Waals surface area contributed by atoms with Gasteiger partial charge in [-0.2, -0.15) is 0 Å². The minimum atomic E-state index is -2.08. The molecule has 2 bridgehead atoms. The van der Waals surface area contributed by atoms with E-state index < -0.39 is 76.3 Å². The molecule has 2 aliphatic carbocycles. The van der Waals surface area contributed by atoms with Gasteiger partial charge in [0.25, 0.3) is 0 Å². The molecule has 1 fully saturated rings. The Labute approximate surface area is 181 Å². The van der Waals surface area contributed by atoms with Crippen molar-refractivity contribution in [2.45, 2.75) is 69.2 Å². The minimum absolute atomic E-state index is 0.0170. The lowest BCUT2D eigenvalue weighted by Gasteiger charge is -2.52. The predicted octanol–water partition coefficient (Wildman–Crippen LogP) is 0.837. The molecule has 6 rings (SSSR count). The summed E-state index contributed by atoms with van der Waals surface area (Å²) in [4.78, 5) is 37.9. The number of ketones is 2. The number of fused-ring (bicyclic) bond motifs is 3. The summed E-state index contributed by atoms with van der Waals surface area (Å²) in [6.45, 7) is 3.01. The lowest BCUT2D eigenvalue weighted by atomic mass is 9.66. The average Bonchev–Trinajstić information content (AvgIpc) is 2.69. The molecule has 0 spiro atoms. The molecule has 32 heavy (non-hydrogen) atoms. The Balaban J connectivity index is 1.73. The molecule has 10 nitrogen and oxygen atoms in total. The first-order valence-electron chi connectivity index (χ1n) is 10.4. The van der Waals surface area contributed by atoms with Crippen LogP contribution in [0, 0.1) is 0 Å². The number of carbonyl (C=O) groups is 3. The first-order valence-corrected chi connectivity index (χ1v) is 10.4. The SMILES string of the molecule is CC1OC2CC(O)C1(O)c1c(O)c3c(c(O)c12)C(=O)C1=C(C3=O)[C@H](C)O[C@@H](CC(=O)O)C1. The van der Waals surface area contributed by atoms with Crippen molar-refractivity contribution in [1.29, 1.82) is 0 Å². The van der Waals surface area contributed by atoms with E-state index in [4.69, 9.17) is 14.6 Å². The number of carbonyl (C=O) groups excluding carboxylic acids is 2. The van der Waals surface area contributed by atoms with Crippen LogP contribution in [0.2, 0.25) is 0 Å². The fourth-order valence-electron chi connectivity index (χ4n) is 5.64. The average molecular weight is 446 g/mol. The highest BCUT2D eigenvalue weighted by molar-refractivity contribution is 6.29. The molecular weight excluding hydrogens is 424 g/mol. The van der Waals surface area contributed by atoms with E-state index in [1.165, 1.54) is 13.8 Å².